The Morgan fingerprint density at radius 3 is 2.61 bits per heavy atom. The minimum Gasteiger partial charge on any atom is -0.364 e. The number of Topliss-reactive ketones (excluding diaryl/α,β-unsaturated/α-hetero) is 1. The Morgan fingerprint density at radius 2 is 1.72 bits per heavy atom. The van der Waals surface area contributed by atoms with Crippen molar-refractivity contribution in [2.45, 2.75) is 25.7 Å². The van der Waals surface area contributed by atoms with Gasteiger partial charge in [-0.15, -0.1) is 0 Å². The number of hydrogen-bond acceptors (Lipinski definition) is 2. The molecule has 2 heteroatoms. The van der Waals surface area contributed by atoms with Gasteiger partial charge in [-0.2, -0.15) is 0 Å². The van der Waals surface area contributed by atoms with Crippen molar-refractivity contribution in [1.82, 2.24) is 5.32 Å². The quantitative estimate of drug-likeness (QED) is 0.491. The molecule has 2 nitrogen and oxygen atoms in total. The molecule has 2 aliphatic carbocycles. The monoisotopic (exact) mass is 467 g/mol. The molecule has 36 heavy (non-hydrogen) atoms. The number of hydrogen-bond donors (Lipinski definition) is 1. The topological polar surface area (TPSA) is 29.1 Å². The molecule has 176 valence electrons. The number of carbonyl (C=O) groups excluding carboxylic acids is 1. The van der Waals surface area contributed by atoms with Crippen LogP contribution in [0.4, 0.5) is 0 Å². The maximum absolute atomic E-state index is 13.8. The van der Waals surface area contributed by atoms with Crippen molar-refractivity contribution in [2.75, 3.05) is 0 Å². The van der Waals surface area contributed by atoms with Crippen LogP contribution >= 0.6 is 0 Å². The van der Waals surface area contributed by atoms with E-state index < -0.39 is 0 Å². The van der Waals surface area contributed by atoms with Crippen LogP contribution in [0.1, 0.15) is 36.0 Å². The third-order valence-corrected chi connectivity index (χ3v) is 7.52. The maximum atomic E-state index is 13.8. The highest BCUT2D eigenvalue weighted by Gasteiger charge is 2.31. The molecule has 0 bridgehead atoms. The number of benzene rings is 3. The Morgan fingerprint density at radius 1 is 0.889 bits per heavy atom. The lowest BCUT2D eigenvalue weighted by molar-refractivity contribution is -0.117. The summed E-state index contributed by atoms with van der Waals surface area (Å²) in [5.41, 5.74) is 8.20. The van der Waals surface area contributed by atoms with Crippen molar-refractivity contribution >= 4 is 24.0 Å². The molecule has 1 aliphatic heterocycles. The summed E-state index contributed by atoms with van der Waals surface area (Å²) in [5, 5.41) is 5.96. The maximum Gasteiger partial charge on any atom is 0.165 e. The van der Waals surface area contributed by atoms with Gasteiger partial charge in [0, 0.05) is 23.7 Å². The van der Waals surface area contributed by atoms with Crippen molar-refractivity contribution in [3.63, 3.8) is 0 Å². The molecule has 0 radical (unpaired) electrons. The lowest BCUT2D eigenvalue weighted by Gasteiger charge is -2.30. The Kier molecular flexibility index (Phi) is 5.87. The van der Waals surface area contributed by atoms with Gasteiger partial charge in [-0.1, -0.05) is 91.0 Å². The SMILES string of the molecule is CC(=Cc1ccccc1)C(=O)C1C=c2c(ccc3c2=CCc2ccccc2-3)C(C2=CC=CC=CN2)C1. The average molecular weight is 468 g/mol. The Balaban J connectivity index is 1.50. The van der Waals surface area contributed by atoms with Gasteiger partial charge >= 0.3 is 0 Å². The zero-order valence-corrected chi connectivity index (χ0v) is 20.4. The molecule has 0 aromatic heterocycles. The summed E-state index contributed by atoms with van der Waals surface area (Å²) in [6, 6.07) is 23.3. The number of rotatable bonds is 4. The number of carbonyl (C=O) groups is 1. The molecule has 0 saturated carbocycles. The molecule has 2 unspecified atom stereocenters. The van der Waals surface area contributed by atoms with Crippen molar-refractivity contribution in [2.24, 2.45) is 5.92 Å². The molecule has 0 amide bonds. The normalized spacial score (nSPS) is 19.9. The summed E-state index contributed by atoms with van der Waals surface area (Å²) < 4.78 is 0. The highest BCUT2D eigenvalue weighted by Crippen LogP contribution is 2.35. The molecule has 0 spiro atoms. The minimum absolute atomic E-state index is 0.117. The molecule has 1 heterocycles. The first-order valence-corrected chi connectivity index (χ1v) is 12.7. The highest BCUT2D eigenvalue weighted by atomic mass is 16.1. The summed E-state index contributed by atoms with van der Waals surface area (Å²) in [4.78, 5) is 13.8. The molecule has 3 aromatic rings. The fourth-order valence-corrected chi connectivity index (χ4v) is 5.75. The standard InChI is InChI=1S/C34H29NO/c1-23(20-24-10-4-2-5-11-24)34(36)26-21-31-29-16-15-25-12-7-8-13-27(25)28(29)17-18-30(31)32(22-26)33-14-6-3-9-19-35-33/h2-14,16-21,26,32,35H,15,22H2,1H3. The lowest BCUT2D eigenvalue weighted by atomic mass is 9.75. The van der Waals surface area contributed by atoms with E-state index in [4.69, 9.17) is 0 Å². The zero-order chi connectivity index (χ0) is 24.5. The van der Waals surface area contributed by atoms with Gasteiger partial charge in [-0.25, -0.2) is 0 Å². The highest BCUT2D eigenvalue weighted by molar-refractivity contribution is 6.03. The minimum atomic E-state index is -0.182. The molecule has 3 aliphatic rings. The summed E-state index contributed by atoms with van der Waals surface area (Å²) in [7, 11) is 0. The van der Waals surface area contributed by atoms with E-state index >= 15 is 0 Å². The van der Waals surface area contributed by atoms with Crippen molar-refractivity contribution in [3.8, 4) is 11.1 Å². The van der Waals surface area contributed by atoms with E-state index in [9.17, 15) is 4.79 Å². The van der Waals surface area contributed by atoms with E-state index in [1.54, 1.807) is 0 Å². The van der Waals surface area contributed by atoms with Gasteiger partial charge in [0.1, 0.15) is 0 Å². The van der Waals surface area contributed by atoms with Crippen LogP contribution in [-0.2, 0) is 11.2 Å². The van der Waals surface area contributed by atoms with Gasteiger partial charge < -0.3 is 5.32 Å². The van der Waals surface area contributed by atoms with Gasteiger partial charge in [-0.05, 0) is 81.8 Å². The lowest BCUT2D eigenvalue weighted by Crippen LogP contribution is -2.40. The molecule has 0 fully saturated rings. The van der Waals surface area contributed by atoms with Gasteiger partial charge in [0.15, 0.2) is 5.78 Å². The van der Waals surface area contributed by atoms with Crippen LogP contribution in [0.2, 0.25) is 0 Å². The van der Waals surface area contributed by atoms with E-state index in [1.165, 1.54) is 32.7 Å². The number of fused-ring (bicyclic) bond motifs is 5. The van der Waals surface area contributed by atoms with E-state index in [1.807, 2.05) is 61.7 Å². The predicted molar refractivity (Wildman–Crippen MR) is 149 cm³/mol. The average Bonchev–Trinajstić information content (AvgIpc) is 3.22. The van der Waals surface area contributed by atoms with Crippen LogP contribution in [0.25, 0.3) is 29.4 Å². The smallest absolute Gasteiger partial charge is 0.165 e. The van der Waals surface area contributed by atoms with E-state index in [-0.39, 0.29) is 17.6 Å². The second-order valence-electron chi connectivity index (χ2n) is 9.77. The van der Waals surface area contributed by atoms with Crippen LogP contribution in [0.5, 0.6) is 0 Å². The Bertz CT molecular complexity index is 1580. The second-order valence-corrected chi connectivity index (χ2v) is 9.77. The summed E-state index contributed by atoms with van der Waals surface area (Å²) in [5.74, 6) is 0.133. The molecular formula is C34H29NO. The van der Waals surface area contributed by atoms with Gasteiger partial charge in [0.2, 0.25) is 0 Å². The first-order valence-electron chi connectivity index (χ1n) is 12.7. The summed E-state index contributed by atoms with van der Waals surface area (Å²) in [6.45, 7) is 1.95. The first kappa shape index (κ1) is 22.3. The largest absolute Gasteiger partial charge is 0.364 e. The fourth-order valence-electron chi connectivity index (χ4n) is 5.75. The third kappa shape index (κ3) is 4.09. The van der Waals surface area contributed by atoms with Crippen molar-refractivity contribution in [3.05, 3.63) is 136 Å². The van der Waals surface area contributed by atoms with Crippen LogP contribution in [0.15, 0.2) is 109 Å². The fraction of sp³-hybridized carbons (Fsp3) is 0.147. The van der Waals surface area contributed by atoms with Crippen LogP contribution in [-0.4, -0.2) is 5.78 Å². The molecule has 0 saturated heterocycles. The molecule has 2 atom stereocenters. The molecule has 3 aromatic carbocycles. The van der Waals surface area contributed by atoms with Gasteiger partial charge in [0.25, 0.3) is 0 Å². The van der Waals surface area contributed by atoms with Gasteiger partial charge in [0.05, 0.1) is 0 Å². The van der Waals surface area contributed by atoms with Crippen LogP contribution < -0.4 is 15.8 Å². The Labute approximate surface area is 212 Å². The number of nitrogens with one attached hydrogen (secondary N) is 1. The number of allylic oxidation sites excluding steroid dienone is 6. The molecule has 1 N–H and O–H groups in total. The molecular weight excluding hydrogens is 438 g/mol. The van der Waals surface area contributed by atoms with Gasteiger partial charge in [-0.3, -0.25) is 4.79 Å². The number of ketones is 1. The zero-order valence-electron chi connectivity index (χ0n) is 20.4. The van der Waals surface area contributed by atoms with Crippen LogP contribution in [0.3, 0.4) is 0 Å². The van der Waals surface area contributed by atoms with E-state index in [0.29, 0.717) is 0 Å². The van der Waals surface area contributed by atoms with Crippen LogP contribution in [0, 0.1) is 5.92 Å². The predicted octanol–water partition coefficient (Wildman–Crippen LogP) is 5.80. The third-order valence-electron chi connectivity index (χ3n) is 7.52. The Hall–Kier alpha value is -4.17. The van der Waals surface area contributed by atoms with E-state index in [0.717, 1.165) is 29.7 Å². The summed E-state index contributed by atoms with van der Waals surface area (Å²) >= 11 is 0. The molecule has 6 rings (SSSR count). The summed E-state index contributed by atoms with van der Waals surface area (Å²) in [6.07, 6.45) is 18.5. The van der Waals surface area contributed by atoms with Crippen molar-refractivity contribution < 1.29 is 4.79 Å². The second kappa shape index (κ2) is 9.47. The first-order chi connectivity index (χ1) is 17.7. The van der Waals surface area contributed by atoms with E-state index in [2.05, 4.69) is 66.0 Å². The van der Waals surface area contributed by atoms with Crippen molar-refractivity contribution in [1.29, 1.82) is 0 Å².